The molecule has 124 valence electrons. The molecule has 0 radical (unpaired) electrons. The van der Waals surface area contributed by atoms with Gasteiger partial charge in [-0.15, -0.1) is 11.3 Å². The zero-order valence-corrected chi connectivity index (χ0v) is 13.7. The van der Waals surface area contributed by atoms with Crippen molar-refractivity contribution in [3.05, 3.63) is 39.3 Å². The molecule has 1 saturated heterocycles. The van der Waals surface area contributed by atoms with Crippen LogP contribution in [0.1, 0.15) is 23.3 Å². The minimum Gasteiger partial charge on any atom is -0.378 e. The van der Waals surface area contributed by atoms with E-state index in [9.17, 15) is 13.2 Å². The van der Waals surface area contributed by atoms with Crippen molar-refractivity contribution in [1.82, 2.24) is 4.98 Å². The number of nitrogens with one attached hydrogen (secondary N) is 1. The van der Waals surface area contributed by atoms with E-state index >= 15 is 0 Å². The van der Waals surface area contributed by atoms with Crippen LogP contribution in [0.4, 0.5) is 24.5 Å². The molecule has 0 bridgehead atoms. The lowest BCUT2D eigenvalue weighted by Crippen LogP contribution is -2.20. The Hall–Kier alpha value is -1.47. The Morgan fingerprint density at radius 1 is 1.26 bits per heavy atom. The number of benzene rings is 1. The van der Waals surface area contributed by atoms with Crippen LogP contribution in [0.25, 0.3) is 0 Å². The standard InChI is InChI=1S/C15H15ClF3N3S/c16-14-21-9-11(23-14)8-20-12-7-10(15(17,18)19)3-4-13(12)22-5-1-2-6-22/h3-4,7,9,20H,1-2,5-6,8H2. The third-order valence-corrected chi connectivity index (χ3v) is 4.86. The van der Waals surface area contributed by atoms with Gasteiger partial charge < -0.3 is 10.2 Å². The average Bonchev–Trinajstić information content (AvgIpc) is 3.15. The Bertz CT molecular complexity index is 681. The number of rotatable bonds is 4. The third kappa shape index (κ3) is 3.90. The molecule has 0 atom stereocenters. The summed E-state index contributed by atoms with van der Waals surface area (Å²) in [5.74, 6) is 0. The number of anilines is 2. The van der Waals surface area contributed by atoms with E-state index in [0.717, 1.165) is 42.6 Å². The minimum absolute atomic E-state index is 0.395. The normalized spacial score (nSPS) is 15.2. The van der Waals surface area contributed by atoms with Crippen molar-refractivity contribution >= 4 is 34.3 Å². The Kier molecular flexibility index (Phi) is 4.68. The van der Waals surface area contributed by atoms with Gasteiger partial charge in [0.1, 0.15) is 0 Å². The highest BCUT2D eigenvalue weighted by Gasteiger charge is 2.31. The third-order valence-electron chi connectivity index (χ3n) is 3.75. The van der Waals surface area contributed by atoms with Crippen LogP contribution in [0, 0.1) is 0 Å². The van der Waals surface area contributed by atoms with Crippen LogP contribution in [-0.4, -0.2) is 18.1 Å². The van der Waals surface area contributed by atoms with Crippen LogP contribution < -0.4 is 10.2 Å². The van der Waals surface area contributed by atoms with Crippen LogP contribution in [0.15, 0.2) is 24.4 Å². The molecule has 0 spiro atoms. The van der Waals surface area contributed by atoms with Crippen molar-refractivity contribution in [2.24, 2.45) is 0 Å². The Morgan fingerprint density at radius 2 is 2.00 bits per heavy atom. The Morgan fingerprint density at radius 3 is 2.61 bits per heavy atom. The molecule has 0 aliphatic carbocycles. The predicted octanol–water partition coefficient (Wildman–Crippen LogP) is 5.03. The van der Waals surface area contributed by atoms with Crippen LogP contribution in [-0.2, 0) is 12.7 Å². The van der Waals surface area contributed by atoms with E-state index in [-0.39, 0.29) is 0 Å². The summed E-state index contributed by atoms with van der Waals surface area (Å²) in [7, 11) is 0. The van der Waals surface area contributed by atoms with Gasteiger partial charge in [-0.3, -0.25) is 0 Å². The van der Waals surface area contributed by atoms with E-state index in [1.807, 2.05) is 0 Å². The number of alkyl halides is 3. The molecule has 2 aromatic rings. The molecule has 0 saturated carbocycles. The van der Waals surface area contributed by atoms with Gasteiger partial charge in [0.2, 0.25) is 0 Å². The molecule has 8 heteroatoms. The maximum absolute atomic E-state index is 13.0. The Labute approximate surface area is 141 Å². The first-order valence-electron chi connectivity index (χ1n) is 7.24. The summed E-state index contributed by atoms with van der Waals surface area (Å²) in [5, 5.41) is 3.10. The smallest absolute Gasteiger partial charge is 0.378 e. The number of aromatic nitrogens is 1. The second kappa shape index (κ2) is 6.57. The lowest BCUT2D eigenvalue weighted by atomic mass is 10.1. The largest absolute Gasteiger partial charge is 0.416 e. The summed E-state index contributed by atoms with van der Waals surface area (Å²) in [6.07, 6.45) is -0.604. The van der Waals surface area contributed by atoms with Gasteiger partial charge in [0.15, 0.2) is 4.47 Å². The number of nitrogens with zero attached hydrogens (tertiary/aromatic N) is 2. The SMILES string of the molecule is FC(F)(F)c1ccc(N2CCCC2)c(NCc2cnc(Cl)s2)c1. The summed E-state index contributed by atoms with van der Waals surface area (Å²) < 4.78 is 39.4. The number of hydrogen-bond donors (Lipinski definition) is 1. The van der Waals surface area contributed by atoms with E-state index in [1.165, 1.54) is 17.4 Å². The summed E-state index contributed by atoms with van der Waals surface area (Å²) in [5.41, 5.74) is 0.655. The van der Waals surface area contributed by atoms with Crippen molar-refractivity contribution in [2.45, 2.75) is 25.6 Å². The monoisotopic (exact) mass is 361 g/mol. The van der Waals surface area contributed by atoms with Crippen LogP contribution in [0.3, 0.4) is 0 Å². The molecule has 2 heterocycles. The van der Waals surface area contributed by atoms with Crippen LogP contribution >= 0.6 is 22.9 Å². The fourth-order valence-electron chi connectivity index (χ4n) is 2.64. The summed E-state index contributed by atoms with van der Waals surface area (Å²) in [4.78, 5) is 6.93. The summed E-state index contributed by atoms with van der Waals surface area (Å²) >= 11 is 7.10. The van der Waals surface area contributed by atoms with Gasteiger partial charge in [-0.2, -0.15) is 13.2 Å². The molecule has 0 amide bonds. The summed E-state index contributed by atoms with van der Waals surface area (Å²) in [6.45, 7) is 2.13. The van der Waals surface area contributed by atoms with Crippen molar-refractivity contribution in [3.63, 3.8) is 0 Å². The van der Waals surface area contributed by atoms with Crippen molar-refractivity contribution < 1.29 is 13.2 Å². The van der Waals surface area contributed by atoms with Crippen molar-refractivity contribution in [1.29, 1.82) is 0 Å². The molecule has 1 fully saturated rings. The lowest BCUT2D eigenvalue weighted by Gasteiger charge is -2.23. The molecule has 23 heavy (non-hydrogen) atoms. The molecular weight excluding hydrogens is 347 g/mol. The van der Waals surface area contributed by atoms with Gasteiger partial charge in [-0.05, 0) is 31.0 Å². The van der Waals surface area contributed by atoms with Crippen LogP contribution in [0.5, 0.6) is 0 Å². The fourth-order valence-corrected chi connectivity index (χ4v) is 3.55. The van der Waals surface area contributed by atoms with Crippen molar-refractivity contribution in [2.75, 3.05) is 23.3 Å². The van der Waals surface area contributed by atoms with E-state index in [1.54, 1.807) is 12.3 Å². The first kappa shape index (κ1) is 16.4. The molecule has 1 aliphatic heterocycles. The quantitative estimate of drug-likeness (QED) is 0.828. The highest BCUT2D eigenvalue weighted by atomic mass is 35.5. The number of halogens is 4. The molecular formula is C15H15ClF3N3S. The zero-order chi connectivity index (χ0) is 16.4. The van der Waals surface area contributed by atoms with Gasteiger partial charge in [0.05, 0.1) is 23.5 Å². The molecule has 1 aliphatic rings. The maximum atomic E-state index is 13.0. The van der Waals surface area contributed by atoms with Gasteiger partial charge in [0.25, 0.3) is 0 Å². The topological polar surface area (TPSA) is 28.2 Å². The lowest BCUT2D eigenvalue weighted by molar-refractivity contribution is -0.137. The predicted molar refractivity (Wildman–Crippen MR) is 87.3 cm³/mol. The zero-order valence-electron chi connectivity index (χ0n) is 12.2. The molecule has 0 unspecified atom stereocenters. The molecule has 3 nitrogen and oxygen atoms in total. The first-order valence-corrected chi connectivity index (χ1v) is 8.43. The average molecular weight is 362 g/mol. The molecule has 1 N–H and O–H groups in total. The van der Waals surface area contributed by atoms with Gasteiger partial charge in [-0.25, -0.2) is 4.98 Å². The van der Waals surface area contributed by atoms with Crippen molar-refractivity contribution in [3.8, 4) is 0 Å². The van der Waals surface area contributed by atoms with Gasteiger partial charge >= 0.3 is 6.18 Å². The highest BCUT2D eigenvalue weighted by Crippen LogP contribution is 2.36. The van der Waals surface area contributed by atoms with Gasteiger partial charge in [0, 0.05) is 24.2 Å². The van der Waals surface area contributed by atoms with E-state index in [2.05, 4.69) is 15.2 Å². The molecule has 1 aromatic carbocycles. The Balaban J connectivity index is 1.86. The maximum Gasteiger partial charge on any atom is 0.416 e. The van der Waals surface area contributed by atoms with Gasteiger partial charge in [-0.1, -0.05) is 11.6 Å². The highest BCUT2D eigenvalue weighted by molar-refractivity contribution is 7.15. The second-order valence-electron chi connectivity index (χ2n) is 5.36. The van der Waals surface area contributed by atoms with Crippen LogP contribution in [0.2, 0.25) is 4.47 Å². The second-order valence-corrected chi connectivity index (χ2v) is 7.05. The van der Waals surface area contributed by atoms with E-state index in [0.29, 0.717) is 16.7 Å². The molecule has 1 aromatic heterocycles. The van der Waals surface area contributed by atoms with E-state index in [4.69, 9.17) is 11.6 Å². The number of hydrogen-bond acceptors (Lipinski definition) is 4. The van der Waals surface area contributed by atoms with E-state index < -0.39 is 11.7 Å². The molecule has 3 rings (SSSR count). The first-order chi connectivity index (χ1) is 10.9. The fraction of sp³-hybridized carbons (Fsp3) is 0.400. The number of thiazole rings is 1. The minimum atomic E-state index is -4.35. The summed E-state index contributed by atoms with van der Waals surface area (Å²) in [6, 6.07) is 3.87.